The molecule has 1 N–H and O–H groups in total. The van der Waals surface area contributed by atoms with Crippen molar-refractivity contribution >= 4 is 17.6 Å². The third-order valence-electron chi connectivity index (χ3n) is 2.94. The summed E-state index contributed by atoms with van der Waals surface area (Å²) in [6.07, 6.45) is 0. The number of hydrogen-bond acceptors (Lipinski definition) is 3. The van der Waals surface area contributed by atoms with Crippen LogP contribution in [0, 0.1) is 27.7 Å². The minimum Gasteiger partial charge on any atom is -0.478 e. The van der Waals surface area contributed by atoms with Gasteiger partial charge in [0.15, 0.2) is 5.82 Å². The quantitative estimate of drug-likeness (QED) is 0.918. The van der Waals surface area contributed by atoms with Crippen LogP contribution >= 0.6 is 11.6 Å². The standard InChI is InChI=1S/C13H14ClN3O2/c1-6-5-7(2)15-12(10(6)13(18)19)17-9(4)11(14)8(3)16-17/h5H,1-4H3,(H,18,19). The summed E-state index contributed by atoms with van der Waals surface area (Å²) in [6.45, 7) is 7.12. The Morgan fingerprint density at radius 1 is 1.32 bits per heavy atom. The average Bonchev–Trinajstić information content (AvgIpc) is 2.55. The van der Waals surface area contributed by atoms with Crippen molar-refractivity contribution in [1.29, 1.82) is 0 Å². The van der Waals surface area contributed by atoms with Gasteiger partial charge in [-0.05, 0) is 39.3 Å². The highest BCUT2D eigenvalue weighted by Gasteiger charge is 2.21. The Hall–Kier alpha value is -1.88. The fourth-order valence-corrected chi connectivity index (χ4v) is 2.18. The third kappa shape index (κ3) is 2.21. The number of halogens is 1. The van der Waals surface area contributed by atoms with E-state index in [-0.39, 0.29) is 5.56 Å². The van der Waals surface area contributed by atoms with Crippen LogP contribution in [0.1, 0.15) is 33.0 Å². The van der Waals surface area contributed by atoms with Crippen molar-refractivity contribution in [1.82, 2.24) is 14.8 Å². The summed E-state index contributed by atoms with van der Waals surface area (Å²) in [5, 5.41) is 14.1. The van der Waals surface area contributed by atoms with Crippen LogP contribution in [0.15, 0.2) is 6.07 Å². The summed E-state index contributed by atoms with van der Waals surface area (Å²) in [7, 11) is 0. The highest BCUT2D eigenvalue weighted by atomic mass is 35.5. The van der Waals surface area contributed by atoms with E-state index in [1.54, 1.807) is 26.8 Å². The molecule has 0 aliphatic carbocycles. The van der Waals surface area contributed by atoms with Gasteiger partial charge in [-0.2, -0.15) is 5.10 Å². The number of rotatable bonds is 2. The van der Waals surface area contributed by atoms with Crippen molar-refractivity contribution in [2.45, 2.75) is 27.7 Å². The van der Waals surface area contributed by atoms with Crippen LogP contribution in [-0.2, 0) is 0 Å². The van der Waals surface area contributed by atoms with E-state index < -0.39 is 5.97 Å². The maximum atomic E-state index is 11.4. The molecule has 0 aliphatic heterocycles. The predicted molar refractivity (Wildman–Crippen MR) is 72.3 cm³/mol. The van der Waals surface area contributed by atoms with Gasteiger partial charge in [-0.3, -0.25) is 0 Å². The minimum absolute atomic E-state index is 0.146. The molecule has 2 heterocycles. The molecule has 0 saturated heterocycles. The van der Waals surface area contributed by atoms with Crippen LogP contribution in [0.25, 0.3) is 5.82 Å². The average molecular weight is 280 g/mol. The van der Waals surface area contributed by atoms with Crippen molar-refractivity contribution in [3.63, 3.8) is 0 Å². The summed E-state index contributed by atoms with van der Waals surface area (Å²) in [5.41, 5.74) is 2.86. The van der Waals surface area contributed by atoms with Crippen LogP contribution in [0.3, 0.4) is 0 Å². The molecule has 100 valence electrons. The largest absolute Gasteiger partial charge is 0.478 e. The molecule has 0 unspecified atom stereocenters. The molecule has 0 aliphatic rings. The van der Waals surface area contributed by atoms with Gasteiger partial charge in [0, 0.05) is 5.69 Å². The molecule has 0 bridgehead atoms. The van der Waals surface area contributed by atoms with E-state index in [2.05, 4.69) is 10.1 Å². The summed E-state index contributed by atoms with van der Waals surface area (Å²) >= 11 is 6.10. The van der Waals surface area contributed by atoms with Crippen LogP contribution in [-0.4, -0.2) is 25.8 Å². The molecule has 0 saturated carbocycles. The monoisotopic (exact) mass is 279 g/mol. The minimum atomic E-state index is -1.02. The van der Waals surface area contributed by atoms with Crippen LogP contribution < -0.4 is 0 Å². The summed E-state index contributed by atoms with van der Waals surface area (Å²) in [5.74, 6) is -0.721. The number of carboxylic acids is 1. The molecule has 0 fully saturated rings. The SMILES string of the molecule is Cc1cc(C)c(C(=O)O)c(-n2nc(C)c(Cl)c2C)n1. The maximum Gasteiger partial charge on any atom is 0.339 e. The second kappa shape index (κ2) is 4.66. The number of pyridine rings is 1. The zero-order valence-corrected chi connectivity index (χ0v) is 11.9. The zero-order valence-electron chi connectivity index (χ0n) is 11.2. The van der Waals surface area contributed by atoms with Crippen LogP contribution in [0.2, 0.25) is 5.02 Å². The molecule has 2 rings (SSSR count). The maximum absolute atomic E-state index is 11.4. The van der Waals surface area contributed by atoms with E-state index in [1.165, 1.54) is 4.68 Å². The topological polar surface area (TPSA) is 68.0 Å². The first-order valence-corrected chi connectivity index (χ1v) is 6.14. The molecule has 2 aromatic rings. The lowest BCUT2D eigenvalue weighted by molar-refractivity contribution is 0.0695. The van der Waals surface area contributed by atoms with E-state index >= 15 is 0 Å². The van der Waals surface area contributed by atoms with Gasteiger partial charge in [0.05, 0.1) is 16.4 Å². The van der Waals surface area contributed by atoms with Gasteiger partial charge in [0.2, 0.25) is 0 Å². The molecule has 0 spiro atoms. The van der Waals surface area contributed by atoms with Crippen molar-refractivity contribution in [2.75, 3.05) is 0 Å². The zero-order chi connectivity index (χ0) is 14.3. The molecule has 2 aromatic heterocycles. The highest BCUT2D eigenvalue weighted by Crippen LogP contribution is 2.25. The molecule has 5 nitrogen and oxygen atoms in total. The van der Waals surface area contributed by atoms with E-state index in [4.69, 9.17) is 11.6 Å². The van der Waals surface area contributed by atoms with Crippen molar-refractivity contribution in [3.8, 4) is 5.82 Å². The molecular formula is C13H14ClN3O2. The van der Waals surface area contributed by atoms with Gasteiger partial charge in [0.25, 0.3) is 0 Å². The second-order valence-electron chi connectivity index (χ2n) is 4.48. The Bertz CT molecular complexity index is 677. The fraction of sp³-hybridized carbons (Fsp3) is 0.308. The van der Waals surface area contributed by atoms with E-state index in [9.17, 15) is 9.90 Å². The number of aromatic nitrogens is 3. The first kappa shape index (κ1) is 13.5. The van der Waals surface area contributed by atoms with Gasteiger partial charge >= 0.3 is 5.97 Å². The fourth-order valence-electron chi connectivity index (χ4n) is 2.06. The Kier molecular flexibility index (Phi) is 3.32. The smallest absolute Gasteiger partial charge is 0.339 e. The van der Waals surface area contributed by atoms with Gasteiger partial charge in [-0.15, -0.1) is 0 Å². The lowest BCUT2D eigenvalue weighted by Gasteiger charge is -2.11. The normalized spacial score (nSPS) is 10.8. The summed E-state index contributed by atoms with van der Waals surface area (Å²) < 4.78 is 1.49. The number of hydrogen-bond donors (Lipinski definition) is 1. The van der Waals surface area contributed by atoms with Gasteiger partial charge in [-0.25, -0.2) is 14.5 Å². The Balaban J connectivity index is 2.81. The number of nitrogens with zero attached hydrogens (tertiary/aromatic N) is 3. The summed E-state index contributed by atoms with van der Waals surface area (Å²) in [6, 6.07) is 1.74. The lowest BCUT2D eigenvalue weighted by atomic mass is 10.1. The molecule has 19 heavy (non-hydrogen) atoms. The second-order valence-corrected chi connectivity index (χ2v) is 4.86. The summed E-state index contributed by atoms with van der Waals surface area (Å²) in [4.78, 5) is 15.7. The highest BCUT2D eigenvalue weighted by molar-refractivity contribution is 6.31. The predicted octanol–water partition coefficient (Wildman–Crippen LogP) is 2.85. The first-order chi connectivity index (χ1) is 8.82. The molecule has 0 atom stereocenters. The van der Waals surface area contributed by atoms with Crippen LogP contribution in [0.5, 0.6) is 0 Å². The van der Waals surface area contributed by atoms with E-state index in [1.807, 2.05) is 6.92 Å². The van der Waals surface area contributed by atoms with Gasteiger partial charge in [0.1, 0.15) is 5.56 Å². The number of aromatic carboxylic acids is 1. The first-order valence-electron chi connectivity index (χ1n) is 5.76. The Labute approximate surface area is 115 Å². The van der Waals surface area contributed by atoms with E-state index in [0.717, 1.165) is 5.69 Å². The molecule has 0 radical (unpaired) electrons. The Morgan fingerprint density at radius 2 is 1.95 bits per heavy atom. The number of carbonyl (C=O) groups is 1. The number of aryl methyl sites for hydroxylation is 3. The van der Waals surface area contributed by atoms with E-state index in [0.29, 0.717) is 27.8 Å². The van der Waals surface area contributed by atoms with Crippen LogP contribution in [0.4, 0.5) is 0 Å². The molecular weight excluding hydrogens is 266 g/mol. The molecule has 0 aromatic carbocycles. The lowest BCUT2D eigenvalue weighted by Crippen LogP contribution is -2.13. The van der Waals surface area contributed by atoms with Crippen molar-refractivity contribution in [2.24, 2.45) is 0 Å². The van der Waals surface area contributed by atoms with Crippen molar-refractivity contribution < 1.29 is 9.90 Å². The number of carboxylic acid groups (broad SMARTS) is 1. The molecule has 0 amide bonds. The van der Waals surface area contributed by atoms with Gasteiger partial charge < -0.3 is 5.11 Å². The van der Waals surface area contributed by atoms with Gasteiger partial charge in [-0.1, -0.05) is 11.6 Å². The van der Waals surface area contributed by atoms with Crippen molar-refractivity contribution in [3.05, 3.63) is 39.3 Å². The third-order valence-corrected chi connectivity index (χ3v) is 3.49. The molecule has 6 heteroatoms. The Morgan fingerprint density at radius 3 is 2.42 bits per heavy atom.